The van der Waals surface area contributed by atoms with Crippen molar-refractivity contribution in [3.05, 3.63) is 47.3 Å². The molecule has 2 amide bonds. The van der Waals surface area contributed by atoms with E-state index < -0.39 is 0 Å². The highest BCUT2D eigenvalue weighted by molar-refractivity contribution is 6.01. The molecule has 0 aliphatic carbocycles. The molecule has 1 fully saturated rings. The number of amides is 2. The molecule has 1 saturated heterocycles. The summed E-state index contributed by atoms with van der Waals surface area (Å²) in [5, 5.41) is 13.1. The van der Waals surface area contributed by atoms with Gasteiger partial charge in [0, 0.05) is 19.2 Å². The fraction of sp³-hybridized carbons (Fsp3) is 0.333. The van der Waals surface area contributed by atoms with Crippen LogP contribution in [0, 0.1) is 11.3 Å². The zero-order valence-electron chi connectivity index (χ0n) is 14.1. The summed E-state index contributed by atoms with van der Waals surface area (Å²) in [7, 11) is 0. The number of nitrogens with zero attached hydrogens (tertiary/aromatic N) is 4. The largest absolute Gasteiger partial charge is 0.351 e. The molecule has 128 valence electrons. The normalized spacial score (nSPS) is 14.7. The van der Waals surface area contributed by atoms with Crippen molar-refractivity contribution >= 4 is 17.5 Å². The molecule has 2 heterocycles. The Kier molecular flexibility index (Phi) is 4.52. The van der Waals surface area contributed by atoms with Gasteiger partial charge in [-0.3, -0.25) is 9.59 Å². The lowest BCUT2D eigenvalue weighted by molar-refractivity contribution is -0.120. The van der Waals surface area contributed by atoms with E-state index in [4.69, 9.17) is 4.52 Å². The predicted octanol–water partition coefficient (Wildman–Crippen LogP) is 2.16. The molecule has 1 aromatic carbocycles. The third-order valence-corrected chi connectivity index (χ3v) is 4.15. The minimum atomic E-state index is -0.346. The number of nitriles is 1. The van der Waals surface area contributed by atoms with Crippen LogP contribution < -0.4 is 4.90 Å². The van der Waals surface area contributed by atoms with Crippen molar-refractivity contribution in [3.8, 4) is 6.07 Å². The molecule has 1 aliphatic rings. The van der Waals surface area contributed by atoms with Gasteiger partial charge in [0.05, 0.1) is 16.9 Å². The molecule has 0 unspecified atom stereocenters. The first-order valence-electron chi connectivity index (χ1n) is 8.06. The molecule has 0 radical (unpaired) electrons. The zero-order valence-corrected chi connectivity index (χ0v) is 14.1. The van der Waals surface area contributed by atoms with Crippen LogP contribution in [-0.2, 0) is 4.79 Å². The lowest BCUT2D eigenvalue weighted by Gasteiger charge is -2.34. The van der Waals surface area contributed by atoms with Crippen LogP contribution in [0.5, 0.6) is 0 Å². The molecule has 1 aliphatic heterocycles. The van der Waals surface area contributed by atoms with Crippen molar-refractivity contribution in [1.82, 2.24) is 10.1 Å². The Morgan fingerprint density at radius 1 is 1.32 bits per heavy atom. The summed E-state index contributed by atoms with van der Waals surface area (Å²) in [6, 6.07) is 10.6. The van der Waals surface area contributed by atoms with E-state index in [1.54, 1.807) is 35.2 Å². The Morgan fingerprint density at radius 3 is 2.72 bits per heavy atom. The topological polar surface area (TPSA) is 90.4 Å². The minimum Gasteiger partial charge on any atom is -0.351 e. The first-order chi connectivity index (χ1) is 12.0. The van der Waals surface area contributed by atoms with E-state index in [0.29, 0.717) is 30.0 Å². The number of rotatable bonds is 3. The molecule has 0 saturated carbocycles. The van der Waals surface area contributed by atoms with Gasteiger partial charge in [-0.1, -0.05) is 31.1 Å². The highest BCUT2D eigenvalue weighted by Crippen LogP contribution is 2.23. The van der Waals surface area contributed by atoms with Gasteiger partial charge in [-0.2, -0.15) is 5.26 Å². The fourth-order valence-corrected chi connectivity index (χ4v) is 2.72. The average molecular weight is 338 g/mol. The predicted molar refractivity (Wildman–Crippen MR) is 90.0 cm³/mol. The van der Waals surface area contributed by atoms with Gasteiger partial charge in [0.2, 0.25) is 11.7 Å². The highest BCUT2D eigenvalue weighted by Gasteiger charge is 2.31. The van der Waals surface area contributed by atoms with Crippen LogP contribution in [0.15, 0.2) is 34.9 Å². The van der Waals surface area contributed by atoms with Gasteiger partial charge in [0.1, 0.15) is 12.6 Å². The third-order valence-electron chi connectivity index (χ3n) is 4.15. The Hall–Kier alpha value is -3.14. The number of carbonyl (C=O) groups excluding carboxylic acids is 2. The highest BCUT2D eigenvalue weighted by atomic mass is 16.5. The van der Waals surface area contributed by atoms with Crippen molar-refractivity contribution in [3.63, 3.8) is 0 Å². The number of para-hydroxylation sites is 1. The molecular formula is C18H18N4O3. The van der Waals surface area contributed by atoms with Gasteiger partial charge < -0.3 is 14.3 Å². The summed E-state index contributed by atoms with van der Waals surface area (Å²) in [4.78, 5) is 28.0. The van der Waals surface area contributed by atoms with Crippen LogP contribution in [0.25, 0.3) is 0 Å². The lowest BCUT2D eigenvalue weighted by Crippen LogP contribution is -2.52. The van der Waals surface area contributed by atoms with Gasteiger partial charge in [0.25, 0.3) is 5.91 Å². The first kappa shape index (κ1) is 16.7. The number of piperazine rings is 1. The van der Waals surface area contributed by atoms with Gasteiger partial charge >= 0.3 is 0 Å². The molecule has 7 heteroatoms. The van der Waals surface area contributed by atoms with Crippen LogP contribution in [0.1, 0.15) is 41.6 Å². The van der Waals surface area contributed by atoms with Crippen molar-refractivity contribution in [2.45, 2.75) is 19.8 Å². The van der Waals surface area contributed by atoms with Crippen molar-refractivity contribution in [2.75, 3.05) is 24.5 Å². The summed E-state index contributed by atoms with van der Waals surface area (Å²) >= 11 is 0. The second kappa shape index (κ2) is 6.77. The number of hydrogen-bond donors (Lipinski definition) is 0. The maximum atomic E-state index is 12.5. The summed E-state index contributed by atoms with van der Waals surface area (Å²) in [6.45, 7) is 4.55. The Morgan fingerprint density at radius 2 is 2.08 bits per heavy atom. The molecule has 0 N–H and O–H groups in total. The summed E-state index contributed by atoms with van der Waals surface area (Å²) in [6.07, 6.45) is 0. The zero-order chi connectivity index (χ0) is 18.0. The van der Waals surface area contributed by atoms with Gasteiger partial charge in [0.15, 0.2) is 0 Å². The van der Waals surface area contributed by atoms with E-state index in [9.17, 15) is 14.9 Å². The van der Waals surface area contributed by atoms with Crippen molar-refractivity contribution in [2.24, 2.45) is 0 Å². The quantitative estimate of drug-likeness (QED) is 0.855. The minimum absolute atomic E-state index is 0.0592. The Bertz CT molecular complexity index is 850. The third kappa shape index (κ3) is 3.24. The van der Waals surface area contributed by atoms with Crippen LogP contribution in [0.3, 0.4) is 0 Å². The molecule has 2 aromatic rings. The van der Waals surface area contributed by atoms with Gasteiger partial charge in [-0.05, 0) is 18.1 Å². The van der Waals surface area contributed by atoms with E-state index in [1.807, 2.05) is 13.8 Å². The maximum Gasteiger partial charge on any atom is 0.293 e. The van der Waals surface area contributed by atoms with Crippen LogP contribution in [-0.4, -0.2) is 41.5 Å². The van der Waals surface area contributed by atoms with E-state index in [2.05, 4.69) is 11.2 Å². The molecule has 25 heavy (non-hydrogen) atoms. The lowest BCUT2D eigenvalue weighted by atomic mass is 10.1. The molecule has 1 aromatic heterocycles. The number of anilines is 1. The second-order valence-electron chi connectivity index (χ2n) is 6.17. The summed E-state index contributed by atoms with van der Waals surface area (Å²) in [5.74, 6) is -0.277. The molecular weight excluding hydrogens is 320 g/mol. The second-order valence-corrected chi connectivity index (χ2v) is 6.17. The number of hydrogen-bond acceptors (Lipinski definition) is 5. The Balaban J connectivity index is 1.74. The Labute approximate surface area is 145 Å². The first-order valence-corrected chi connectivity index (χ1v) is 8.06. The molecule has 0 atom stereocenters. The number of aromatic nitrogens is 1. The smallest absolute Gasteiger partial charge is 0.293 e. The number of benzene rings is 1. The molecule has 7 nitrogen and oxygen atoms in total. The summed E-state index contributed by atoms with van der Waals surface area (Å²) < 4.78 is 5.12. The van der Waals surface area contributed by atoms with E-state index >= 15 is 0 Å². The maximum absolute atomic E-state index is 12.5. The molecule has 0 spiro atoms. The monoisotopic (exact) mass is 338 g/mol. The van der Waals surface area contributed by atoms with Crippen LogP contribution in [0.4, 0.5) is 5.69 Å². The van der Waals surface area contributed by atoms with E-state index in [1.165, 1.54) is 4.90 Å². The molecule has 0 bridgehead atoms. The van der Waals surface area contributed by atoms with Crippen LogP contribution in [0.2, 0.25) is 0 Å². The number of carbonyl (C=O) groups is 2. The van der Waals surface area contributed by atoms with Gasteiger partial charge in [-0.15, -0.1) is 0 Å². The van der Waals surface area contributed by atoms with Crippen molar-refractivity contribution < 1.29 is 14.1 Å². The van der Waals surface area contributed by atoms with E-state index in [0.717, 1.165) is 0 Å². The van der Waals surface area contributed by atoms with E-state index in [-0.39, 0.29) is 30.0 Å². The summed E-state index contributed by atoms with van der Waals surface area (Å²) in [5.41, 5.74) is 1.72. The average Bonchev–Trinajstić information content (AvgIpc) is 3.11. The standard InChI is InChI=1S/C18H18N4O3/c1-12(2)14-9-16(25-20-14)18(24)21-7-8-22(17(23)11-21)15-6-4-3-5-13(15)10-19/h3-6,9,12H,7-8,11H2,1-2H3. The van der Waals surface area contributed by atoms with Gasteiger partial charge in [-0.25, -0.2) is 0 Å². The fourth-order valence-electron chi connectivity index (χ4n) is 2.72. The SMILES string of the molecule is CC(C)c1cc(C(=O)N2CCN(c3ccccc3C#N)C(=O)C2)on1. The van der Waals surface area contributed by atoms with Crippen molar-refractivity contribution in [1.29, 1.82) is 5.26 Å². The molecule has 3 rings (SSSR count). The van der Waals surface area contributed by atoms with Crippen LogP contribution >= 0.6 is 0 Å².